The fourth-order valence-electron chi connectivity index (χ4n) is 3.29. The van der Waals surface area contributed by atoms with Crippen molar-refractivity contribution in [1.29, 1.82) is 0 Å². The lowest BCUT2D eigenvalue weighted by Crippen LogP contribution is -2.27. The number of nitro groups is 2. The molecule has 0 aromatic heterocycles. The number of amides is 1. The van der Waals surface area contributed by atoms with Gasteiger partial charge in [0, 0.05) is 32.1 Å². The number of hydrogen-bond acceptors (Lipinski definition) is 12. The zero-order valence-corrected chi connectivity index (χ0v) is 23.0. The maximum absolute atomic E-state index is 12.0. The van der Waals surface area contributed by atoms with Gasteiger partial charge in [0.2, 0.25) is 5.91 Å². The van der Waals surface area contributed by atoms with Gasteiger partial charge in [-0.3, -0.25) is 34.6 Å². The lowest BCUT2D eigenvalue weighted by molar-refractivity contribution is -0.393. The molecule has 39 heavy (non-hydrogen) atoms. The highest BCUT2D eigenvalue weighted by Crippen LogP contribution is 2.43. The summed E-state index contributed by atoms with van der Waals surface area (Å²) in [5, 5.41) is 33.2. The Bertz CT molecular complexity index is 1330. The minimum atomic E-state index is -0.828. The number of anilines is 2. The molecular formula is C23H25BrN6O9. The van der Waals surface area contributed by atoms with Gasteiger partial charge in [0.15, 0.2) is 11.5 Å². The topological polar surface area (TPSA) is 196 Å². The van der Waals surface area contributed by atoms with Gasteiger partial charge >= 0.3 is 11.7 Å². The Balaban J connectivity index is 2.52. The first-order valence-electron chi connectivity index (χ1n) is 11.3. The van der Waals surface area contributed by atoms with Crippen molar-refractivity contribution in [3.63, 3.8) is 0 Å². The fourth-order valence-corrected chi connectivity index (χ4v) is 3.81. The molecule has 1 amide bonds. The van der Waals surface area contributed by atoms with E-state index in [0.717, 1.165) is 12.1 Å². The van der Waals surface area contributed by atoms with Gasteiger partial charge in [-0.2, -0.15) is 0 Å². The van der Waals surface area contributed by atoms with E-state index in [4.69, 9.17) is 9.47 Å². The van der Waals surface area contributed by atoms with E-state index in [2.05, 4.69) is 31.5 Å². The predicted octanol–water partition coefficient (Wildman–Crippen LogP) is 5.00. The number of methoxy groups -OCH3 is 1. The Morgan fingerprint density at radius 1 is 1.08 bits per heavy atom. The molecule has 0 saturated carbocycles. The number of ketones is 1. The third-order valence-electron chi connectivity index (χ3n) is 5.05. The molecule has 16 heteroatoms. The van der Waals surface area contributed by atoms with E-state index in [9.17, 15) is 34.6 Å². The molecule has 0 fully saturated rings. The molecule has 0 saturated heterocycles. The zero-order chi connectivity index (χ0) is 29.3. The van der Waals surface area contributed by atoms with Crippen LogP contribution in [0.1, 0.15) is 27.2 Å². The minimum Gasteiger partial charge on any atom is -0.494 e. The number of hydrogen-bond donors (Lipinski definition) is 1. The van der Waals surface area contributed by atoms with Gasteiger partial charge in [0.05, 0.1) is 45.3 Å². The minimum absolute atomic E-state index is 0.0287. The molecule has 2 rings (SSSR count). The zero-order valence-electron chi connectivity index (χ0n) is 21.4. The molecule has 0 aliphatic rings. The van der Waals surface area contributed by atoms with Crippen molar-refractivity contribution in [3.05, 3.63) is 49.0 Å². The number of nitrogens with zero attached hydrogens (tertiary/aromatic N) is 5. The second kappa shape index (κ2) is 13.9. The number of nitro benzene ring substituents is 2. The summed E-state index contributed by atoms with van der Waals surface area (Å²) in [4.78, 5) is 57.8. The Morgan fingerprint density at radius 3 is 2.31 bits per heavy atom. The first-order chi connectivity index (χ1) is 18.4. The fraction of sp³-hybridized carbons (Fsp3) is 0.348. The van der Waals surface area contributed by atoms with Gasteiger partial charge in [-0.05, 0) is 35.8 Å². The highest BCUT2D eigenvalue weighted by atomic mass is 79.9. The highest BCUT2D eigenvalue weighted by Gasteiger charge is 2.24. The molecular weight excluding hydrogens is 584 g/mol. The van der Waals surface area contributed by atoms with E-state index >= 15 is 0 Å². The number of azo groups is 1. The van der Waals surface area contributed by atoms with Gasteiger partial charge in [-0.1, -0.05) is 0 Å². The first kappa shape index (κ1) is 30.8. The molecule has 208 valence electrons. The Hall–Kier alpha value is -4.47. The molecule has 0 radical (unpaired) electrons. The largest absolute Gasteiger partial charge is 0.494 e. The lowest BCUT2D eigenvalue weighted by atomic mass is 10.2. The van der Waals surface area contributed by atoms with Crippen LogP contribution < -0.4 is 15.0 Å². The summed E-state index contributed by atoms with van der Waals surface area (Å²) in [6.07, 6.45) is -0.0287. The smallest absolute Gasteiger partial charge is 0.308 e. The normalized spacial score (nSPS) is 10.7. The molecule has 0 aliphatic heterocycles. The van der Waals surface area contributed by atoms with E-state index in [1.54, 1.807) is 4.90 Å². The SMILES string of the molecule is CCN(CCC(=O)OCC(C)=O)c1cc(NC(C)=O)c(N=Nc2c(Br)cc([N+](=O)[O-])cc2[N+](=O)[O-])cc1OC. The second-order valence-corrected chi connectivity index (χ2v) is 8.78. The Morgan fingerprint density at radius 2 is 1.77 bits per heavy atom. The maximum Gasteiger partial charge on any atom is 0.308 e. The number of Topliss-reactive ketones (excluding diaryl/α,β-unsaturated/α-hetero) is 1. The number of ether oxygens (including phenoxy) is 2. The summed E-state index contributed by atoms with van der Waals surface area (Å²) in [6.45, 7) is 4.72. The molecule has 2 aromatic carbocycles. The summed E-state index contributed by atoms with van der Waals surface area (Å²) in [5.41, 5.74) is -0.700. The van der Waals surface area contributed by atoms with Gasteiger partial charge < -0.3 is 19.7 Å². The number of halogens is 1. The number of carbonyl (C=O) groups excluding carboxylic acids is 3. The lowest BCUT2D eigenvalue weighted by Gasteiger charge is -2.26. The van der Waals surface area contributed by atoms with Crippen molar-refractivity contribution in [2.75, 3.05) is 37.0 Å². The highest BCUT2D eigenvalue weighted by molar-refractivity contribution is 9.10. The number of benzene rings is 2. The van der Waals surface area contributed by atoms with Gasteiger partial charge in [0.1, 0.15) is 18.0 Å². The molecule has 0 unspecified atom stereocenters. The van der Waals surface area contributed by atoms with Crippen molar-refractivity contribution in [1.82, 2.24) is 0 Å². The summed E-state index contributed by atoms with van der Waals surface area (Å²) in [6, 6.07) is 4.79. The summed E-state index contributed by atoms with van der Waals surface area (Å²) in [7, 11) is 1.39. The summed E-state index contributed by atoms with van der Waals surface area (Å²) >= 11 is 3.06. The number of non-ortho nitro benzene ring substituents is 1. The van der Waals surface area contributed by atoms with Crippen LogP contribution in [0.15, 0.2) is 39.0 Å². The van der Waals surface area contributed by atoms with Crippen molar-refractivity contribution in [2.24, 2.45) is 10.2 Å². The van der Waals surface area contributed by atoms with Gasteiger partial charge in [0.25, 0.3) is 5.69 Å². The predicted molar refractivity (Wildman–Crippen MR) is 143 cm³/mol. The van der Waals surface area contributed by atoms with Gasteiger partial charge in [-0.25, -0.2) is 0 Å². The van der Waals surface area contributed by atoms with Crippen LogP contribution in [0, 0.1) is 20.2 Å². The van der Waals surface area contributed by atoms with Crippen LogP contribution in [0.25, 0.3) is 0 Å². The van der Waals surface area contributed by atoms with Crippen molar-refractivity contribution in [2.45, 2.75) is 27.2 Å². The van der Waals surface area contributed by atoms with Crippen LogP contribution >= 0.6 is 15.9 Å². The van der Waals surface area contributed by atoms with Crippen LogP contribution in [0.3, 0.4) is 0 Å². The number of nitrogens with one attached hydrogen (secondary N) is 1. The molecule has 0 bridgehead atoms. The van der Waals surface area contributed by atoms with Crippen molar-refractivity contribution >= 4 is 67.7 Å². The molecule has 1 N–H and O–H groups in total. The van der Waals surface area contributed by atoms with Gasteiger partial charge in [-0.15, -0.1) is 10.2 Å². The Kier molecular flexibility index (Phi) is 11.0. The molecule has 0 atom stereocenters. The molecule has 0 heterocycles. The van der Waals surface area contributed by atoms with E-state index in [0.29, 0.717) is 12.2 Å². The summed E-state index contributed by atoms with van der Waals surface area (Å²) < 4.78 is 10.3. The number of carbonyl (C=O) groups is 3. The van der Waals surface area contributed by atoms with E-state index < -0.39 is 33.1 Å². The summed E-state index contributed by atoms with van der Waals surface area (Å²) in [5.74, 6) is -1.01. The van der Waals surface area contributed by atoms with E-state index in [1.807, 2.05) is 6.92 Å². The second-order valence-electron chi connectivity index (χ2n) is 7.92. The van der Waals surface area contributed by atoms with E-state index in [-0.39, 0.29) is 52.6 Å². The molecule has 15 nitrogen and oxygen atoms in total. The van der Waals surface area contributed by atoms with Crippen LogP contribution in [0.2, 0.25) is 0 Å². The van der Waals surface area contributed by atoms with Crippen LogP contribution in [0.4, 0.5) is 34.1 Å². The number of esters is 1. The van der Waals surface area contributed by atoms with Crippen molar-refractivity contribution in [3.8, 4) is 5.75 Å². The average molecular weight is 609 g/mol. The van der Waals surface area contributed by atoms with E-state index in [1.165, 1.54) is 33.1 Å². The standard InChI is InChI=1S/C23H25BrN6O9/c1-5-28(7-6-22(33)39-12-13(2)31)19-10-17(25-14(3)32)18(11-21(19)38-4)26-27-23-16(24)8-15(29(34)35)9-20(23)30(36)37/h8-11H,5-7,12H2,1-4H3,(H,25,32). The van der Waals surface area contributed by atoms with Crippen LogP contribution in [-0.2, 0) is 19.1 Å². The molecule has 2 aromatic rings. The third-order valence-corrected chi connectivity index (χ3v) is 5.65. The van der Waals surface area contributed by atoms with Crippen LogP contribution in [-0.4, -0.2) is 54.3 Å². The number of rotatable bonds is 13. The monoisotopic (exact) mass is 608 g/mol. The van der Waals surface area contributed by atoms with Crippen molar-refractivity contribution < 1.29 is 33.7 Å². The maximum atomic E-state index is 12.0. The van der Waals surface area contributed by atoms with Crippen LogP contribution in [0.5, 0.6) is 5.75 Å². The first-order valence-corrected chi connectivity index (χ1v) is 12.1. The average Bonchev–Trinajstić information content (AvgIpc) is 2.86. The molecule has 0 aliphatic carbocycles. The quantitative estimate of drug-likeness (QED) is 0.140. The Labute approximate surface area is 230 Å². The molecule has 0 spiro atoms. The third kappa shape index (κ3) is 8.53.